The summed E-state index contributed by atoms with van der Waals surface area (Å²) in [5.74, 6) is -1.78. The Bertz CT molecular complexity index is 1360. The number of aromatic nitrogens is 3. The van der Waals surface area contributed by atoms with Crippen molar-refractivity contribution in [2.24, 2.45) is 16.7 Å². The number of sulfone groups is 1. The predicted octanol–water partition coefficient (Wildman–Crippen LogP) is 2.21. The molecule has 1 aromatic carbocycles. The number of fused-ring (bicyclic) bond motifs is 2. The maximum Gasteiger partial charge on any atom is 0.265 e. The summed E-state index contributed by atoms with van der Waals surface area (Å²) in [6.45, 7) is 5.20. The summed E-state index contributed by atoms with van der Waals surface area (Å²) in [5, 5.41) is 13.1. The van der Waals surface area contributed by atoms with Gasteiger partial charge < -0.3 is 5.11 Å². The van der Waals surface area contributed by atoms with Crippen LogP contribution in [-0.2, 0) is 24.7 Å². The molecule has 4 rings (SSSR count). The summed E-state index contributed by atoms with van der Waals surface area (Å²) in [5.41, 5.74) is -1.19. The fraction of sp³-hybridized carbons (Fsp3) is 0.609. The second-order valence-corrected chi connectivity index (χ2v) is 14.3. The molecule has 2 aromatic rings. The average molecular weight is 564 g/mol. The van der Waals surface area contributed by atoms with Gasteiger partial charge in [-0.05, 0) is 37.2 Å². The second kappa shape index (κ2) is 10.1. The summed E-state index contributed by atoms with van der Waals surface area (Å²) in [7, 11) is -7.65. The number of hydrogen-bond donors (Lipinski definition) is 2. The molecule has 5 unspecified atom stereocenters. The quantitative estimate of drug-likeness (QED) is 0.482. The molecule has 0 amide bonds. The largest absolute Gasteiger partial charge is 0.389 e. The van der Waals surface area contributed by atoms with Crippen LogP contribution in [0.25, 0.3) is 0 Å². The van der Waals surface area contributed by atoms with Gasteiger partial charge in [0, 0.05) is 24.3 Å². The van der Waals surface area contributed by atoms with Gasteiger partial charge in [-0.25, -0.2) is 26.9 Å². The van der Waals surface area contributed by atoms with Gasteiger partial charge >= 0.3 is 0 Å². The van der Waals surface area contributed by atoms with E-state index < -0.39 is 60.2 Å². The SMILES string of the molecule is CC(C(O)C(c1ccc(F)cc1F)n1cncn1)S(C)(=O)=O.CC1(C)C2CCC1(CS(=O)(=O)O)C(=O)C2. The molecule has 0 radical (unpaired) electrons. The van der Waals surface area contributed by atoms with Crippen molar-refractivity contribution in [3.8, 4) is 0 Å². The van der Waals surface area contributed by atoms with Crippen LogP contribution in [0, 0.1) is 28.4 Å². The third-order valence-corrected chi connectivity index (χ3v) is 10.5. The Balaban J connectivity index is 0.000000220. The van der Waals surface area contributed by atoms with Crippen LogP contribution < -0.4 is 0 Å². The molecule has 5 atom stereocenters. The summed E-state index contributed by atoms with van der Waals surface area (Å²) in [4.78, 5) is 15.6. The number of carbonyl (C=O) groups is 1. The van der Waals surface area contributed by atoms with Crippen molar-refractivity contribution in [2.75, 3.05) is 12.0 Å². The van der Waals surface area contributed by atoms with Crippen molar-refractivity contribution >= 4 is 25.7 Å². The number of hydrogen-bond acceptors (Lipinski definition) is 8. The van der Waals surface area contributed by atoms with E-state index in [1.54, 1.807) is 0 Å². The molecule has 10 nitrogen and oxygen atoms in total. The summed E-state index contributed by atoms with van der Waals surface area (Å²) in [6.07, 6.45) is 3.86. The Morgan fingerprint density at radius 1 is 1.22 bits per heavy atom. The Morgan fingerprint density at radius 3 is 2.30 bits per heavy atom. The molecule has 2 saturated carbocycles. The molecule has 14 heteroatoms. The number of aliphatic hydroxyl groups is 1. The molecule has 2 aliphatic rings. The van der Waals surface area contributed by atoms with E-state index in [4.69, 9.17) is 4.55 Å². The van der Waals surface area contributed by atoms with Crippen LogP contribution in [0.2, 0.25) is 0 Å². The van der Waals surface area contributed by atoms with E-state index >= 15 is 0 Å². The highest BCUT2D eigenvalue weighted by molar-refractivity contribution is 7.91. The third kappa shape index (κ3) is 5.76. The molecule has 0 saturated heterocycles. The number of nitrogens with zero attached hydrogens (tertiary/aromatic N) is 3. The molecule has 2 aliphatic carbocycles. The van der Waals surface area contributed by atoms with E-state index in [0.29, 0.717) is 18.9 Å². The van der Waals surface area contributed by atoms with Crippen molar-refractivity contribution in [1.82, 2.24) is 14.8 Å². The van der Waals surface area contributed by atoms with Gasteiger partial charge in [0.15, 0.2) is 9.84 Å². The molecule has 2 bridgehead atoms. The van der Waals surface area contributed by atoms with E-state index in [9.17, 15) is 35.5 Å². The highest BCUT2D eigenvalue weighted by Crippen LogP contribution is 2.64. The number of ketones is 1. The van der Waals surface area contributed by atoms with Gasteiger partial charge in [-0.3, -0.25) is 9.35 Å². The van der Waals surface area contributed by atoms with E-state index in [-0.39, 0.29) is 22.7 Å². The van der Waals surface area contributed by atoms with E-state index in [2.05, 4.69) is 10.1 Å². The minimum Gasteiger partial charge on any atom is -0.389 e. The Kier molecular flexibility index (Phi) is 8.00. The van der Waals surface area contributed by atoms with Crippen LogP contribution in [0.4, 0.5) is 8.78 Å². The van der Waals surface area contributed by atoms with Gasteiger partial charge in [0.2, 0.25) is 0 Å². The zero-order valence-electron chi connectivity index (χ0n) is 20.9. The van der Waals surface area contributed by atoms with Crippen LogP contribution in [0.3, 0.4) is 0 Å². The lowest BCUT2D eigenvalue weighted by Crippen LogP contribution is -2.42. The first-order chi connectivity index (χ1) is 16.9. The number of rotatable bonds is 7. The minimum atomic E-state index is -4.08. The molecule has 0 spiro atoms. The topological polar surface area (TPSA) is 157 Å². The number of aliphatic hydroxyl groups excluding tert-OH is 1. The van der Waals surface area contributed by atoms with Crippen molar-refractivity contribution in [2.45, 2.75) is 57.4 Å². The number of halogens is 2. The zero-order chi connectivity index (χ0) is 28.0. The van der Waals surface area contributed by atoms with Crippen molar-refractivity contribution in [3.63, 3.8) is 0 Å². The van der Waals surface area contributed by atoms with Gasteiger partial charge in [0.25, 0.3) is 10.1 Å². The molecule has 1 heterocycles. The number of benzene rings is 1. The Morgan fingerprint density at radius 2 is 1.86 bits per heavy atom. The normalized spacial score (nSPS) is 25.3. The first-order valence-electron chi connectivity index (χ1n) is 11.5. The van der Waals surface area contributed by atoms with E-state index in [1.165, 1.54) is 19.6 Å². The molecule has 2 fully saturated rings. The third-order valence-electron chi connectivity index (χ3n) is 8.05. The fourth-order valence-electron chi connectivity index (χ4n) is 5.51. The van der Waals surface area contributed by atoms with Gasteiger partial charge in [-0.1, -0.05) is 19.9 Å². The standard InChI is InChI=1S/C13H15F2N3O3S.C10H16O4S/c1-8(22(2,20)21)13(19)12(18-7-16-6-17-18)10-4-3-9(14)5-11(10)15;1-9(2)7-3-4-10(9,8(11)5-7)6-15(12,13)14/h3-8,12-13,19H,1-2H3;7H,3-6H2,1-2H3,(H,12,13,14). The summed E-state index contributed by atoms with van der Waals surface area (Å²) in [6, 6.07) is 1.69. The van der Waals surface area contributed by atoms with E-state index in [1.807, 2.05) is 13.8 Å². The van der Waals surface area contributed by atoms with Crippen LogP contribution in [0.1, 0.15) is 51.6 Å². The number of carbonyl (C=O) groups excluding carboxylic acids is 1. The monoisotopic (exact) mass is 563 g/mol. The molecule has 1 aromatic heterocycles. The van der Waals surface area contributed by atoms with Gasteiger partial charge in [0.05, 0.1) is 22.5 Å². The lowest BCUT2D eigenvalue weighted by atomic mass is 9.70. The Labute approximate surface area is 214 Å². The van der Waals surface area contributed by atoms with Crippen molar-refractivity contribution < 1.29 is 40.1 Å². The summed E-state index contributed by atoms with van der Waals surface area (Å²) >= 11 is 0. The van der Waals surface area contributed by atoms with Gasteiger partial charge in [-0.2, -0.15) is 13.5 Å². The van der Waals surface area contributed by atoms with Crippen LogP contribution >= 0.6 is 0 Å². The molecule has 206 valence electrons. The molecular formula is C23H31F2N3O7S2. The highest BCUT2D eigenvalue weighted by atomic mass is 32.2. The Hall–Kier alpha value is -2.29. The first kappa shape index (κ1) is 29.3. The zero-order valence-corrected chi connectivity index (χ0v) is 22.5. The van der Waals surface area contributed by atoms with E-state index in [0.717, 1.165) is 29.5 Å². The van der Waals surface area contributed by atoms with Crippen LogP contribution in [0.15, 0.2) is 30.9 Å². The maximum absolute atomic E-state index is 14.1. The molecular weight excluding hydrogens is 532 g/mol. The predicted molar refractivity (Wildman–Crippen MR) is 130 cm³/mol. The van der Waals surface area contributed by atoms with Crippen LogP contribution in [-0.4, -0.2) is 70.4 Å². The maximum atomic E-state index is 14.1. The fourth-order valence-corrected chi connectivity index (χ4v) is 7.47. The van der Waals surface area contributed by atoms with Crippen molar-refractivity contribution in [3.05, 3.63) is 48.1 Å². The van der Waals surface area contributed by atoms with Gasteiger partial charge in [0.1, 0.15) is 36.1 Å². The first-order valence-corrected chi connectivity index (χ1v) is 15.1. The molecule has 2 N–H and O–H groups in total. The number of Topliss-reactive ketones (excluding diaryl/α,β-unsaturated/α-hetero) is 1. The lowest BCUT2D eigenvalue weighted by molar-refractivity contribution is -0.128. The highest BCUT2D eigenvalue weighted by Gasteiger charge is 2.65. The lowest BCUT2D eigenvalue weighted by Gasteiger charge is -2.35. The second-order valence-electron chi connectivity index (χ2n) is 10.4. The molecule has 0 aliphatic heterocycles. The minimum absolute atomic E-state index is 0.0152. The van der Waals surface area contributed by atoms with Crippen molar-refractivity contribution in [1.29, 1.82) is 0 Å². The van der Waals surface area contributed by atoms with Crippen LogP contribution in [0.5, 0.6) is 0 Å². The smallest absolute Gasteiger partial charge is 0.265 e. The van der Waals surface area contributed by atoms with Gasteiger partial charge in [-0.15, -0.1) is 0 Å². The average Bonchev–Trinajstić information content (AvgIpc) is 3.40. The molecule has 37 heavy (non-hydrogen) atoms. The summed E-state index contributed by atoms with van der Waals surface area (Å²) < 4.78 is 82.6.